The van der Waals surface area contributed by atoms with Crippen LogP contribution < -0.4 is 10.6 Å². The van der Waals surface area contributed by atoms with Crippen molar-refractivity contribution in [1.82, 2.24) is 5.32 Å². The van der Waals surface area contributed by atoms with E-state index in [1.807, 2.05) is 60.7 Å². The molecule has 0 aliphatic heterocycles. The molecule has 1 atom stereocenters. The molecule has 0 spiro atoms. The van der Waals surface area contributed by atoms with E-state index in [1.165, 1.54) is 0 Å². The summed E-state index contributed by atoms with van der Waals surface area (Å²) >= 11 is 5.25. The van der Waals surface area contributed by atoms with E-state index in [0.29, 0.717) is 5.11 Å². The fourth-order valence-electron chi connectivity index (χ4n) is 1.77. The van der Waals surface area contributed by atoms with Gasteiger partial charge in [0.1, 0.15) is 0 Å². The molecule has 0 bridgehead atoms. The van der Waals surface area contributed by atoms with E-state index in [4.69, 9.17) is 12.2 Å². The van der Waals surface area contributed by atoms with Crippen LogP contribution in [0.15, 0.2) is 60.7 Å². The maximum atomic E-state index is 9.44. The number of aliphatic hydroxyl groups excluding tert-OH is 1. The summed E-state index contributed by atoms with van der Waals surface area (Å²) < 4.78 is 0. The number of nitrogens with one attached hydrogen (secondary N) is 2. The molecule has 0 unspecified atom stereocenters. The minimum atomic E-state index is -0.204. The molecule has 2 aromatic rings. The lowest BCUT2D eigenvalue weighted by Crippen LogP contribution is -2.34. The van der Waals surface area contributed by atoms with Crippen molar-refractivity contribution in [3.8, 4) is 0 Å². The molecule has 3 N–H and O–H groups in total. The van der Waals surface area contributed by atoms with Gasteiger partial charge < -0.3 is 15.7 Å². The van der Waals surface area contributed by atoms with Gasteiger partial charge in [-0.1, -0.05) is 48.5 Å². The number of thiocarbonyl (C=S) groups is 1. The minimum Gasteiger partial charge on any atom is -0.394 e. The summed E-state index contributed by atoms with van der Waals surface area (Å²) in [5.74, 6) is 0. The quantitative estimate of drug-likeness (QED) is 0.749. The van der Waals surface area contributed by atoms with Crippen LogP contribution in [0, 0.1) is 0 Å². The maximum Gasteiger partial charge on any atom is 0.171 e. The number of rotatable bonds is 4. The molecule has 2 aromatic carbocycles. The Bertz CT molecular complexity index is 516. The lowest BCUT2D eigenvalue weighted by atomic mass is 10.1. The maximum absolute atomic E-state index is 9.44. The van der Waals surface area contributed by atoms with Crippen LogP contribution in [0.4, 0.5) is 5.69 Å². The van der Waals surface area contributed by atoms with Crippen LogP contribution in [-0.4, -0.2) is 16.8 Å². The molecule has 0 radical (unpaired) electrons. The van der Waals surface area contributed by atoms with Crippen LogP contribution in [0.25, 0.3) is 0 Å². The molecule has 0 aromatic heterocycles. The molecule has 0 amide bonds. The number of anilines is 1. The standard InChI is InChI=1S/C15H16N2OS/c18-11-14(12-7-3-1-4-8-12)17-15(19)16-13-9-5-2-6-10-13/h1-10,14,18H,11H2,(H2,16,17,19)/t14-/m0/s1. The molecule has 0 aliphatic rings. The third-order valence-electron chi connectivity index (χ3n) is 2.72. The first-order chi connectivity index (χ1) is 9.29. The first kappa shape index (κ1) is 13.5. The highest BCUT2D eigenvalue weighted by Crippen LogP contribution is 2.12. The Balaban J connectivity index is 1.97. The molecular formula is C15H16N2OS. The van der Waals surface area contributed by atoms with Gasteiger partial charge in [-0.3, -0.25) is 0 Å². The second-order valence-electron chi connectivity index (χ2n) is 4.11. The van der Waals surface area contributed by atoms with Crippen LogP contribution in [-0.2, 0) is 0 Å². The summed E-state index contributed by atoms with van der Waals surface area (Å²) in [6.45, 7) is -0.0133. The van der Waals surface area contributed by atoms with Crippen molar-refractivity contribution in [3.05, 3.63) is 66.2 Å². The van der Waals surface area contributed by atoms with Crippen LogP contribution in [0.3, 0.4) is 0 Å². The molecule has 98 valence electrons. The number of hydrogen-bond donors (Lipinski definition) is 3. The Morgan fingerprint density at radius 2 is 1.58 bits per heavy atom. The highest BCUT2D eigenvalue weighted by atomic mass is 32.1. The monoisotopic (exact) mass is 272 g/mol. The number of para-hydroxylation sites is 1. The van der Waals surface area contributed by atoms with Gasteiger partial charge in [0.05, 0.1) is 12.6 Å². The molecule has 4 heteroatoms. The van der Waals surface area contributed by atoms with Crippen molar-refractivity contribution in [3.63, 3.8) is 0 Å². The van der Waals surface area contributed by atoms with E-state index in [9.17, 15) is 5.11 Å². The van der Waals surface area contributed by atoms with Gasteiger partial charge in [0.15, 0.2) is 5.11 Å². The van der Waals surface area contributed by atoms with Crippen molar-refractivity contribution in [2.75, 3.05) is 11.9 Å². The van der Waals surface area contributed by atoms with Gasteiger partial charge in [-0.05, 0) is 29.9 Å². The van der Waals surface area contributed by atoms with E-state index in [0.717, 1.165) is 11.3 Å². The van der Waals surface area contributed by atoms with Crippen LogP contribution in [0.1, 0.15) is 11.6 Å². The van der Waals surface area contributed by atoms with Crippen LogP contribution >= 0.6 is 12.2 Å². The molecular weight excluding hydrogens is 256 g/mol. The highest BCUT2D eigenvalue weighted by molar-refractivity contribution is 7.80. The highest BCUT2D eigenvalue weighted by Gasteiger charge is 2.10. The van der Waals surface area contributed by atoms with Gasteiger partial charge in [-0.2, -0.15) is 0 Å². The Hall–Kier alpha value is -1.91. The zero-order chi connectivity index (χ0) is 13.5. The Morgan fingerprint density at radius 1 is 1.00 bits per heavy atom. The van der Waals surface area contributed by atoms with Crippen molar-refractivity contribution >= 4 is 23.0 Å². The number of aliphatic hydroxyl groups is 1. The molecule has 2 rings (SSSR count). The molecule has 19 heavy (non-hydrogen) atoms. The topological polar surface area (TPSA) is 44.3 Å². The SMILES string of the molecule is OC[C@H](NC(=S)Nc1ccccc1)c1ccccc1. The molecule has 0 saturated carbocycles. The third kappa shape index (κ3) is 4.05. The van der Waals surface area contributed by atoms with E-state index in [1.54, 1.807) is 0 Å². The van der Waals surface area contributed by atoms with Crippen molar-refractivity contribution in [1.29, 1.82) is 0 Å². The van der Waals surface area contributed by atoms with Crippen molar-refractivity contribution in [2.24, 2.45) is 0 Å². The van der Waals surface area contributed by atoms with Gasteiger partial charge in [0.2, 0.25) is 0 Å². The average molecular weight is 272 g/mol. The van der Waals surface area contributed by atoms with Crippen molar-refractivity contribution in [2.45, 2.75) is 6.04 Å². The van der Waals surface area contributed by atoms with Gasteiger partial charge in [-0.15, -0.1) is 0 Å². The third-order valence-corrected chi connectivity index (χ3v) is 2.94. The largest absolute Gasteiger partial charge is 0.394 e. The van der Waals surface area contributed by atoms with Crippen LogP contribution in [0.5, 0.6) is 0 Å². The zero-order valence-corrected chi connectivity index (χ0v) is 11.2. The fraction of sp³-hybridized carbons (Fsp3) is 0.133. The smallest absolute Gasteiger partial charge is 0.171 e. The van der Waals surface area contributed by atoms with E-state index in [2.05, 4.69) is 10.6 Å². The Labute approximate surface area is 118 Å². The summed E-state index contributed by atoms with van der Waals surface area (Å²) in [4.78, 5) is 0. The number of benzene rings is 2. The molecule has 0 heterocycles. The predicted octanol–water partition coefficient (Wildman–Crippen LogP) is 2.71. The molecule has 3 nitrogen and oxygen atoms in total. The Kier molecular flexibility index (Phi) is 4.89. The van der Waals surface area contributed by atoms with Gasteiger partial charge >= 0.3 is 0 Å². The number of hydrogen-bond acceptors (Lipinski definition) is 2. The lowest BCUT2D eigenvalue weighted by molar-refractivity contribution is 0.258. The normalized spacial score (nSPS) is 11.6. The zero-order valence-electron chi connectivity index (χ0n) is 10.4. The first-order valence-electron chi connectivity index (χ1n) is 6.08. The van der Waals surface area contributed by atoms with E-state index in [-0.39, 0.29) is 12.6 Å². The van der Waals surface area contributed by atoms with E-state index >= 15 is 0 Å². The van der Waals surface area contributed by atoms with Crippen molar-refractivity contribution < 1.29 is 5.11 Å². The summed E-state index contributed by atoms with van der Waals surface area (Å²) in [6.07, 6.45) is 0. The summed E-state index contributed by atoms with van der Waals surface area (Å²) in [5.41, 5.74) is 1.92. The van der Waals surface area contributed by atoms with Gasteiger partial charge in [-0.25, -0.2) is 0 Å². The Morgan fingerprint density at radius 3 is 2.16 bits per heavy atom. The van der Waals surface area contributed by atoms with Crippen LogP contribution in [0.2, 0.25) is 0 Å². The minimum absolute atomic E-state index is 0.0133. The second-order valence-corrected chi connectivity index (χ2v) is 4.52. The van der Waals surface area contributed by atoms with E-state index < -0.39 is 0 Å². The second kappa shape index (κ2) is 6.87. The summed E-state index contributed by atoms with van der Waals surface area (Å²) in [5, 5.41) is 16.1. The molecule has 0 aliphatic carbocycles. The predicted molar refractivity (Wildman–Crippen MR) is 82.1 cm³/mol. The summed E-state index contributed by atoms with van der Waals surface area (Å²) in [7, 11) is 0. The lowest BCUT2D eigenvalue weighted by Gasteiger charge is -2.19. The molecule has 0 saturated heterocycles. The summed E-state index contributed by atoms with van der Waals surface area (Å²) in [6, 6.07) is 19.2. The molecule has 0 fully saturated rings. The average Bonchev–Trinajstić information content (AvgIpc) is 2.47. The fourth-order valence-corrected chi connectivity index (χ4v) is 2.03. The van der Waals surface area contributed by atoms with Gasteiger partial charge in [0, 0.05) is 5.69 Å². The first-order valence-corrected chi connectivity index (χ1v) is 6.49. The van der Waals surface area contributed by atoms with Gasteiger partial charge in [0.25, 0.3) is 0 Å².